The SMILES string of the molecule is COc1cc(Br)cc(/C=N/Nc2cn[nH]c(=O)n2)c1O. The highest BCUT2D eigenvalue weighted by atomic mass is 79.9. The second-order valence-electron chi connectivity index (χ2n) is 3.59. The molecule has 0 fully saturated rings. The number of hydrogen-bond donors (Lipinski definition) is 3. The number of nitrogens with one attached hydrogen (secondary N) is 2. The molecule has 1 aromatic carbocycles. The van der Waals surface area contributed by atoms with Crippen LogP contribution in [0.5, 0.6) is 11.5 Å². The van der Waals surface area contributed by atoms with Crippen molar-refractivity contribution in [2.24, 2.45) is 5.10 Å². The van der Waals surface area contributed by atoms with Gasteiger partial charge in [-0.1, -0.05) is 15.9 Å². The maximum absolute atomic E-state index is 10.9. The van der Waals surface area contributed by atoms with E-state index in [1.54, 1.807) is 12.1 Å². The highest BCUT2D eigenvalue weighted by Gasteiger charge is 2.07. The minimum atomic E-state index is -0.586. The summed E-state index contributed by atoms with van der Waals surface area (Å²) in [6, 6.07) is 3.29. The molecule has 0 spiro atoms. The van der Waals surface area contributed by atoms with E-state index in [-0.39, 0.29) is 11.6 Å². The van der Waals surface area contributed by atoms with E-state index in [2.05, 4.69) is 41.6 Å². The van der Waals surface area contributed by atoms with Crippen molar-refractivity contribution in [1.29, 1.82) is 0 Å². The van der Waals surface area contributed by atoms with Crippen LogP contribution in [0.2, 0.25) is 0 Å². The molecule has 0 radical (unpaired) electrons. The first-order valence-electron chi connectivity index (χ1n) is 5.37. The van der Waals surface area contributed by atoms with Gasteiger partial charge in [-0.15, -0.1) is 0 Å². The molecule has 0 aliphatic rings. The summed E-state index contributed by atoms with van der Waals surface area (Å²) in [6.45, 7) is 0. The minimum absolute atomic E-state index is 0.0433. The molecule has 2 aromatic rings. The summed E-state index contributed by atoms with van der Waals surface area (Å²) in [7, 11) is 1.45. The highest BCUT2D eigenvalue weighted by molar-refractivity contribution is 9.10. The number of benzene rings is 1. The van der Waals surface area contributed by atoms with Crippen molar-refractivity contribution in [3.63, 3.8) is 0 Å². The van der Waals surface area contributed by atoms with Gasteiger partial charge in [-0.3, -0.25) is 5.43 Å². The molecule has 2 rings (SSSR count). The van der Waals surface area contributed by atoms with Gasteiger partial charge in [0.15, 0.2) is 17.3 Å². The van der Waals surface area contributed by atoms with Crippen LogP contribution in [0.4, 0.5) is 5.82 Å². The number of aromatic hydroxyl groups is 1. The van der Waals surface area contributed by atoms with Crippen LogP contribution in [0.25, 0.3) is 0 Å². The molecule has 3 N–H and O–H groups in total. The normalized spacial score (nSPS) is 10.7. The van der Waals surface area contributed by atoms with Gasteiger partial charge >= 0.3 is 5.69 Å². The summed E-state index contributed by atoms with van der Waals surface area (Å²) in [4.78, 5) is 14.5. The Labute approximate surface area is 121 Å². The molecular formula is C11H10BrN5O3. The van der Waals surface area contributed by atoms with E-state index in [1.807, 2.05) is 0 Å². The Balaban J connectivity index is 2.19. The van der Waals surface area contributed by atoms with Gasteiger partial charge in [-0.25, -0.2) is 9.89 Å². The molecule has 20 heavy (non-hydrogen) atoms. The van der Waals surface area contributed by atoms with Crippen molar-refractivity contribution in [3.8, 4) is 11.5 Å². The number of ether oxygens (including phenoxy) is 1. The number of anilines is 1. The number of methoxy groups -OCH3 is 1. The number of hydrazone groups is 1. The molecule has 9 heteroatoms. The quantitative estimate of drug-likeness (QED) is 0.567. The zero-order valence-corrected chi connectivity index (χ0v) is 11.9. The molecule has 0 bridgehead atoms. The molecule has 0 atom stereocenters. The number of phenols is 1. The lowest BCUT2D eigenvalue weighted by Gasteiger charge is -2.06. The fraction of sp³-hybridized carbons (Fsp3) is 0.0909. The Morgan fingerprint density at radius 1 is 1.55 bits per heavy atom. The molecule has 0 saturated carbocycles. The maximum atomic E-state index is 10.9. The number of rotatable bonds is 4. The summed E-state index contributed by atoms with van der Waals surface area (Å²) < 4.78 is 5.74. The Bertz CT molecular complexity index is 701. The third-order valence-corrected chi connectivity index (χ3v) is 2.70. The van der Waals surface area contributed by atoms with Gasteiger partial charge in [0.2, 0.25) is 0 Å². The molecular weight excluding hydrogens is 330 g/mol. The fourth-order valence-electron chi connectivity index (χ4n) is 1.38. The Hall–Kier alpha value is -2.42. The molecule has 0 saturated heterocycles. The summed E-state index contributed by atoms with van der Waals surface area (Å²) in [5.41, 5.74) is 2.37. The van der Waals surface area contributed by atoms with Gasteiger partial charge in [0.1, 0.15) is 0 Å². The monoisotopic (exact) mass is 339 g/mol. The predicted molar refractivity (Wildman–Crippen MR) is 76.2 cm³/mol. The van der Waals surface area contributed by atoms with E-state index in [0.29, 0.717) is 11.3 Å². The Morgan fingerprint density at radius 2 is 2.35 bits per heavy atom. The molecule has 0 amide bonds. The average Bonchev–Trinajstić information content (AvgIpc) is 2.42. The van der Waals surface area contributed by atoms with Crippen molar-refractivity contribution in [2.75, 3.05) is 12.5 Å². The summed E-state index contributed by atoms with van der Waals surface area (Å²) in [6.07, 6.45) is 2.67. The van der Waals surface area contributed by atoms with E-state index in [9.17, 15) is 9.90 Å². The van der Waals surface area contributed by atoms with Gasteiger partial charge in [0, 0.05) is 10.0 Å². The summed E-state index contributed by atoms with van der Waals surface area (Å²) in [5, 5.41) is 19.5. The molecule has 0 aliphatic heterocycles. The van der Waals surface area contributed by atoms with Crippen LogP contribution >= 0.6 is 15.9 Å². The molecule has 1 aromatic heterocycles. The van der Waals surface area contributed by atoms with Crippen molar-refractivity contribution < 1.29 is 9.84 Å². The molecule has 1 heterocycles. The fourth-order valence-corrected chi connectivity index (χ4v) is 1.84. The predicted octanol–water partition coefficient (Wildman–Crippen LogP) is 1.09. The number of halogens is 1. The van der Waals surface area contributed by atoms with Crippen LogP contribution in [0.1, 0.15) is 5.56 Å². The zero-order valence-electron chi connectivity index (χ0n) is 10.3. The van der Waals surface area contributed by atoms with Crippen LogP contribution < -0.4 is 15.9 Å². The molecule has 0 aliphatic carbocycles. The van der Waals surface area contributed by atoms with Crippen molar-refractivity contribution in [1.82, 2.24) is 15.2 Å². The van der Waals surface area contributed by atoms with Gasteiger partial charge in [0.25, 0.3) is 0 Å². The van der Waals surface area contributed by atoms with E-state index < -0.39 is 5.69 Å². The lowest BCUT2D eigenvalue weighted by molar-refractivity contribution is 0.373. The smallest absolute Gasteiger partial charge is 0.363 e. The number of nitrogens with zero attached hydrogens (tertiary/aromatic N) is 3. The van der Waals surface area contributed by atoms with Gasteiger partial charge in [-0.2, -0.15) is 15.2 Å². The number of H-pyrrole nitrogens is 1. The molecule has 0 unspecified atom stereocenters. The first kappa shape index (κ1) is 14.0. The number of phenolic OH excluding ortho intramolecular Hbond substituents is 1. The van der Waals surface area contributed by atoms with Crippen molar-refractivity contribution in [2.45, 2.75) is 0 Å². The zero-order chi connectivity index (χ0) is 14.5. The highest BCUT2D eigenvalue weighted by Crippen LogP contribution is 2.32. The average molecular weight is 340 g/mol. The number of hydrogen-bond acceptors (Lipinski definition) is 7. The van der Waals surface area contributed by atoms with Crippen LogP contribution in [0.15, 0.2) is 32.7 Å². The second-order valence-corrected chi connectivity index (χ2v) is 4.50. The van der Waals surface area contributed by atoms with E-state index >= 15 is 0 Å². The van der Waals surface area contributed by atoms with E-state index in [1.165, 1.54) is 19.5 Å². The van der Waals surface area contributed by atoms with E-state index in [0.717, 1.165) is 4.47 Å². The molecule has 104 valence electrons. The standard InChI is InChI=1S/C11H10BrN5O3/c1-20-8-3-7(12)2-6(10(8)18)4-13-16-9-5-14-17-11(19)15-9/h2-5,18H,1H3,(H2,15,16,17,19)/b13-4+. The third-order valence-electron chi connectivity index (χ3n) is 2.24. The second kappa shape index (κ2) is 6.15. The number of aromatic amines is 1. The number of aromatic nitrogens is 3. The minimum Gasteiger partial charge on any atom is -0.504 e. The molecule has 8 nitrogen and oxygen atoms in total. The topological polar surface area (TPSA) is 112 Å². The van der Waals surface area contributed by atoms with Crippen LogP contribution in [0, 0.1) is 0 Å². The van der Waals surface area contributed by atoms with Crippen molar-refractivity contribution in [3.05, 3.63) is 38.9 Å². The van der Waals surface area contributed by atoms with Gasteiger partial charge in [-0.05, 0) is 12.1 Å². The lowest BCUT2D eigenvalue weighted by atomic mass is 10.2. The van der Waals surface area contributed by atoms with Crippen LogP contribution in [-0.4, -0.2) is 33.6 Å². The van der Waals surface area contributed by atoms with Crippen LogP contribution in [-0.2, 0) is 0 Å². The third kappa shape index (κ3) is 3.32. The Morgan fingerprint density at radius 3 is 3.05 bits per heavy atom. The summed E-state index contributed by atoms with van der Waals surface area (Å²) >= 11 is 3.29. The first-order chi connectivity index (χ1) is 9.60. The Kier molecular flexibility index (Phi) is 4.31. The maximum Gasteiger partial charge on any atom is 0.363 e. The van der Waals surface area contributed by atoms with Crippen molar-refractivity contribution >= 4 is 28.0 Å². The van der Waals surface area contributed by atoms with Gasteiger partial charge in [0.05, 0.1) is 19.5 Å². The summed E-state index contributed by atoms with van der Waals surface area (Å²) in [5.74, 6) is 0.460. The van der Waals surface area contributed by atoms with Gasteiger partial charge < -0.3 is 9.84 Å². The van der Waals surface area contributed by atoms with E-state index in [4.69, 9.17) is 4.74 Å². The lowest BCUT2D eigenvalue weighted by Crippen LogP contribution is -2.13. The largest absolute Gasteiger partial charge is 0.504 e. The first-order valence-corrected chi connectivity index (χ1v) is 6.16. The van der Waals surface area contributed by atoms with Crippen LogP contribution in [0.3, 0.4) is 0 Å².